The summed E-state index contributed by atoms with van der Waals surface area (Å²) in [6, 6.07) is 13.3. The van der Waals surface area contributed by atoms with Gasteiger partial charge < -0.3 is 20.5 Å². The Kier molecular flexibility index (Phi) is 7.70. The molecule has 196 valence electrons. The third-order valence-corrected chi connectivity index (χ3v) is 5.44. The molecule has 1 aromatic carbocycles. The number of carbonyl (C=O) groups is 1. The number of nitrogens with two attached hydrogens (primary N) is 1. The Hall–Kier alpha value is -4.74. The number of anilines is 1. The number of hydrogen-bond donors (Lipinski definition) is 2. The van der Waals surface area contributed by atoms with Gasteiger partial charge in [-0.1, -0.05) is 6.07 Å². The Balaban J connectivity index is 1.78. The van der Waals surface area contributed by atoms with Gasteiger partial charge in [0, 0.05) is 18.3 Å². The maximum atomic E-state index is 13.6. The van der Waals surface area contributed by atoms with Gasteiger partial charge in [-0.05, 0) is 61.0 Å². The van der Waals surface area contributed by atoms with Crippen molar-refractivity contribution in [1.29, 1.82) is 0 Å². The minimum absolute atomic E-state index is 0.00232. The third kappa shape index (κ3) is 6.14. The van der Waals surface area contributed by atoms with Crippen molar-refractivity contribution in [2.45, 2.75) is 26.5 Å². The molecule has 0 saturated heterocycles. The number of pyridine rings is 2. The maximum Gasteiger partial charge on any atom is 0.407 e. The SMILES string of the molecule is Cc1cc(-c2c(OCc3cccc(CN(C)C(=O)O)n3)nc(N)nc2-c2ccc(F)cc2)cc(C(F)F)n1. The van der Waals surface area contributed by atoms with Gasteiger partial charge in [-0.15, -0.1) is 0 Å². The number of ether oxygens (including phenoxy) is 1. The Morgan fingerprint density at radius 1 is 1.03 bits per heavy atom. The molecule has 0 atom stereocenters. The van der Waals surface area contributed by atoms with Gasteiger partial charge in [0.2, 0.25) is 11.8 Å². The van der Waals surface area contributed by atoms with Crippen molar-refractivity contribution in [3.05, 3.63) is 83.2 Å². The zero-order valence-electron chi connectivity index (χ0n) is 20.4. The van der Waals surface area contributed by atoms with Crippen molar-refractivity contribution < 1.29 is 27.8 Å². The molecule has 0 saturated carbocycles. The van der Waals surface area contributed by atoms with Crippen LogP contribution in [0.4, 0.5) is 23.9 Å². The Labute approximate surface area is 215 Å². The highest BCUT2D eigenvalue weighted by Gasteiger charge is 2.22. The lowest BCUT2D eigenvalue weighted by Gasteiger charge is -2.17. The first-order chi connectivity index (χ1) is 18.1. The van der Waals surface area contributed by atoms with E-state index in [9.17, 15) is 18.0 Å². The first-order valence-corrected chi connectivity index (χ1v) is 11.3. The lowest BCUT2D eigenvalue weighted by atomic mass is 9.99. The van der Waals surface area contributed by atoms with E-state index in [1.54, 1.807) is 31.2 Å². The summed E-state index contributed by atoms with van der Waals surface area (Å²) < 4.78 is 46.8. The number of alkyl halides is 2. The van der Waals surface area contributed by atoms with Crippen LogP contribution in [0.15, 0.2) is 54.6 Å². The van der Waals surface area contributed by atoms with E-state index >= 15 is 0 Å². The number of benzene rings is 1. The number of aromatic nitrogens is 4. The van der Waals surface area contributed by atoms with Crippen molar-refractivity contribution in [3.63, 3.8) is 0 Å². The van der Waals surface area contributed by atoms with Crippen LogP contribution in [-0.2, 0) is 13.2 Å². The number of hydrogen-bond acceptors (Lipinski definition) is 7. The second-order valence-electron chi connectivity index (χ2n) is 8.39. The van der Waals surface area contributed by atoms with Crippen LogP contribution in [0.2, 0.25) is 0 Å². The van der Waals surface area contributed by atoms with E-state index in [0.29, 0.717) is 28.2 Å². The van der Waals surface area contributed by atoms with Gasteiger partial charge in [0.05, 0.1) is 29.2 Å². The van der Waals surface area contributed by atoms with E-state index in [1.165, 1.54) is 37.4 Å². The molecule has 0 unspecified atom stereocenters. The largest absolute Gasteiger partial charge is 0.471 e. The number of nitrogens with zero attached hydrogens (tertiary/aromatic N) is 5. The maximum absolute atomic E-state index is 13.6. The second-order valence-corrected chi connectivity index (χ2v) is 8.39. The van der Waals surface area contributed by atoms with E-state index in [4.69, 9.17) is 15.6 Å². The van der Waals surface area contributed by atoms with Gasteiger partial charge in [0.1, 0.15) is 18.1 Å². The fraction of sp³-hybridized carbons (Fsp3) is 0.192. The summed E-state index contributed by atoms with van der Waals surface area (Å²) in [4.78, 5) is 29.1. The number of amides is 1. The molecule has 3 aromatic heterocycles. The molecule has 1 amide bonds. The van der Waals surface area contributed by atoms with Crippen LogP contribution in [-0.4, -0.2) is 43.1 Å². The first kappa shape index (κ1) is 26.3. The van der Waals surface area contributed by atoms with Crippen LogP contribution in [0.5, 0.6) is 5.88 Å². The quantitative estimate of drug-likeness (QED) is 0.320. The molecule has 9 nitrogen and oxygen atoms in total. The summed E-state index contributed by atoms with van der Waals surface area (Å²) in [5, 5.41) is 9.11. The van der Waals surface area contributed by atoms with Crippen LogP contribution in [0, 0.1) is 12.7 Å². The molecular weight excluding hydrogens is 501 g/mol. The molecule has 4 aromatic rings. The summed E-state index contributed by atoms with van der Waals surface area (Å²) in [6.07, 6.45) is -3.92. The number of halogens is 3. The predicted molar refractivity (Wildman–Crippen MR) is 133 cm³/mol. The molecule has 0 fully saturated rings. The number of rotatable bonds is 8. The van der Waals surface area contributed by atoms with E-state index in [1.807, 2.05) is 0 Å². The highest BCUT2D eigenvalue weighted by atomic mass is 19.3. The average Bonchev–Trinajstić information content (AvgIpc) is 2.87. The third-order valence-electron chi connectivity index (χ3n) is 5.44. The van der Waals surface area contributed by atoms with Crippen molar-refractivity contribution in [2.75, 3.05) is 12.8 Å². The van der Waals surface area contributed by atoms with Gasteiger partial charge >= 0.3 is 6.09 Å². The summed E-state index contributed by atoms with van der Waals surface area (Å²) in [7, 11) is 1.42. The van der Waals surface area contributed by atoms with Crippen molar-refractivity contribution >= 4 is 12.0 Å². The van der Waals surface area contributed by atoms with E-state index in [-0.39, 0.29) is 36.2 Å². The fourth-order valence-electron chi connectivity index (χ4n) is 3.74. The molecule has 0 bridgehead atoms. The summed E-state index contributed by atoms with van der Waals surface area (Å²) in [6.45, 7) is 1.55. The second kappa shape index (κ2) is 11.1. The summed E-state index contributed by atoms with van der Waals surface area (Å²) in [5.41, 5.74) is 8.12. The monoisotopic (exact) mass is 524 g/mol. The lowest BCUT2D eigenvalue weighted by molar-refractivity contribution is 0.146. The van der Waals surface area contributed by atoms with Gasteiger partial charge in [0.25, 0.3) is 6.43 Å². The zero-order chi connectivity index (χ0) is 27.4. The Bertz CT molecular complexity index is 1470. The highest BCUT2D eigenvalue weighted by Crippen LogP contribution is 2.39. The Morgan fingerprint density at radius 2 is 1.74 bits per heavy atom. The topological polar surface area (TPSA) is 127 Å². The molecule has 3 heterocycles. The molecule has 38 heavy (non-hydrogen) atoms. The molecule has 12 heteroatoms. The fourth-order valence-corrected chi connectivity index (χ4v) is 3.74. The first-order valence-electron chi connectivity index (χ1n) is 11.3. The van der Waals surface area contributed by atoms with Crippen molar-refractivity contribution in [2.24, 2.45) is 0 Å². The minimum atomic E-state index is -2.82. The molecule has 0 spiro atoms. The van der Waals surface area contributed by atoms with Crippen LogP contribution >= 0.6 is 0 Å². The standard InChI is InChI=1S/C26H23F3N6O3/c1-14-10-16(11-20(31-14)23(28)29)21-22(15-6-8-17(27)9-7-15)33-25(30)34-24(21)38-13-19-5-3-4-18(32-19)12-35(2)26(36)37/h3-11,23H,12-13H2,1-2H3,(H,36,37)(H2,30,33,34). The molecule has 3 N–H and O–H groups in total. The van der Waals surface area contributed by atoms with Gasteiger partial charge in [-0.2, -0.15) is 4.98 Å². The smallest absolute Gasteiger partial charge is 0.407 e. The van der Waals surface area contributed by atoms with Crippen LogP contribution in [0.3, 0.4) is 0 Å². The predicted octanol–water partition coefficient (Wildman–Crippen LogP) is 5.26. The van der Waals surface area contributed by atoms with Gasteiger partial charge in [-0.3, -0.25) is 9.97 Å². The molecule has 0 radical (unpaired) electrons. The van der Waals surface area contributed by atoms with Crippen molar-refractivity contribution in [1.82, 2.24) is 24.8 Å². The Morgan fingerprint density at radius 3 is 2.42 bits per heavy atom. The van der Waals surface area contributed by atoms with E-state index < -0.39 is 24.0 Å². The van der Waals surface area contributed by atoms with E-state index in [0.717, 1.165) is 4.90 Å². The van der Waals surface area contributed by atoms with E-state index in [2.05, 4.69) is 19.9 Å². The van der Waals surface area contributed by atoms with Crippen LogP contribution < -0.4 is 10.5 Å². The number of carboxylic acid groups (broad SMARTS) is 1. The molecule has 4 rings (SSSR count). The van der Waals surface area contributed by atoms with Crippen LogP contribution in [0.25, 0.3) is 22.4 Å². The number of aryl methyl sites for hydroxylation is 1. The van der Waals surface area contributed by atoms with Gasteiger partial charge in [-0.25, -0.2) is 22.9 Å². The number of nitrogen functional groups attached to an aromatic ring is 1. The zero-order valence-corrected chi connectivity index (χ0v) is 20.4. The lowest BCUT2D eigenvalue weighted by Crippen LogP contribution is -2.24. The van der Waals surface area contributed by atoms with Gasteiger partial charge in [0.15, 0.2) is 0 Å². The minimum Gasteiger partial charge on any atom is -0.471 e. The average molecular weight is 525 g/mol. The molecular formula is C26H23F3N6O3. The molecule has 0 aliphatic rings. The molecule has 0 aliphatic heterocycles. The summed E-state index contributed by atoms with van der Waals surface area (Å²) in [5.74, 6) is -0.613. The highest BCUT2D eigenvalue weighted by molar-refractivity contribution is 5.85. The summed E-state index contributed by atoms with van der Waals surface area (Å²) >= 11 is 0. The van der Waals surface area contributed by atoms with Crippen LogP contribution in [0.1, 0.15) is 29.2 Å². The van der Waals surface area contributed by atoms with Crippen molar-refractivity contribution in [3.8, 4) is 28.3 Å². The normalized spacial score (nSPS) is 11.0. The molecule has 0 aliphatic carbocycles.